The maximum absolute atomic E-state index is 10.6. The summed E-state index contributed by atoms with van der Waals surface area (Å²) in [7, 11) is -1.54. The van der Waals surface area contributed by atoms with E-state index in [0.29, 0.717) is 0 Å². The smallest absolute Gasteiger partial charge is 0.242 e. The van der Waals surface area contributed by atoms with Crippen LogP contribution in [0.4, 0.5) is 0 Å². The van der Waals surface area contributed by atoms with Crippen LogP contribution in [0.15, 0.2) is 18.2 Å². The van der Waals surface area contributed by atoms with Crippen LogP contribution < -0.4 is 4.43 Å². The number of hydrogen-bond acceptors (Lipinski definition) is 2. The first-order valence-corrected chi connectivity index (χ1v) is 8.08. The lowest BCUT2D eigenvalue weighted by atomic mass is 10.1. The van der Waals surface area contributed by atoms with Crippen molar-refractivity contribution in [1.29, 1.82) is 0 Å². The summed E-state index contributed by atoms with van der Waals surface area (Å²) < 4.78 is 5.80. The van der Waals surface area contributed by atoms with Gasteiger partial charge in [-0.3, -0.25) is 4.79 Å². The van der Waals surface area contributed by atoms with Crippen molar-refractivity contribution in [2.24, 2.45) is 0 Å². The summed E-state index contributed by atoms with van der Waals surface area (Å²) >= 11 is 0. The zero-order valence-electron chi connectivity index (χ0n) is 9.13. The third kappa shape index (κ3) is 2.99. The molecule has 14 heavy (non-hydrogen) atoms. The Bertz CT molecular complexity index is 340. The predicted octanol–water partition coefficient (Wildman–Crippen LogP) is 3.02. The van der Waals surface area contributed by atoms with Gasteiger partial charge in [0.15, 0.2) is 0 Å². The van der Waals surface area contributed by atoms with E-state index < -0.39 is 8.32 Å². The average Bonchev–Trinajstić information content (AvgIpc) is 2.01. The van der Waals surface area contributed by atoms with Gasteiger partial charge in [-0.1, -0.05) is 0 Å². The van der Waals surface area contributed by atoms with Crippen molar-refractivity contribution in [3.63, 3.8) is 0 Å². The van der Waals surface area contributed by atoms with Crippen molar-refractivity contribution in [2.75, 3.05) is 0 Å². The minimum absolute atomic E-state index is 0.730. The van der Waals surface area contributed by atoms with E-state index in [4.69, 9.17) is 4.43 Å². The van der Waals surface area contributed by atoms with Crippen LogP contribution in [0.3, 0.4) is 0 Å². The van der Waals surface area contributed by atoms with Gasteiger partial charge in [-0.25, -0.2) is 0 Å². The van der Waals surface area contributed by atoms with E-state index in [1.807, 2.05) is 19.1 Å². The van der Waals surface area contributed by atoms with Crippen LogP contribution in [0.25, 0.3) is 0 Å². The average molecular weight is 208 g/mol. The van der Waals surface area contributed by atoms with Crippen molar-refractivity contribution in [1.82, 2.24) is 0 Å². The van der Waals surface area contributed by atoms with Gasteiger partial charge < -0.3 is 4.43 Å². The molecule has 0 bridgehead atoms. The molecule has 0 aliphatic heterocycles. The second-order valence-electron chi connectivity index (χ2n) is 4.35. The molecule has 0 unspecified atom stereocenters. The fourth-order valence-electron chi connectivity index (χ4n) is 1.20. The number of benzene rings is 1. The summed E-state index contributed by atoms with van der Waals surface area (Å²) in [5, 5.41) is 0. The molecule has 0 aliphatic rings. The van der Waals surface area contributed by atoms with Crippen molar-refractivity contribution in [3.05, 3.63) is 29.3 Å². The largest absolute Gasteiger partial charge is 0.544 e. The summed E-state index contributed by atoms with van der Waals surface area (Å²) in [6, 6.07) is 5.58. The first-order valence-electron chi connectivity index (χ1n) is 4.67. The first-order chi connectivity index (χ1) is 6.42. The fourth-order valence-corrected chi connectivity index (χ4v) is 2.03. The van der Waals surface area contributed by atoms with Crippen LogP contribution >= 0.6 is 0 Å². The molecule has 0 amide bonds. The fraction of sp³-hybridized carbons (Fsp3) is 0.364. The van der Waals surface area contributed by atoms with Gasteiger partial charge in [-0.2, -0.15) is 0 Å². The Kier molecular flexibility index (Phi) is 3.11. The van der Waals surface area contributed by atoms with Gasteiger partial charge >= 0.3 is 0 Å². The van der Waals surface area contributed by atoms with Crippen molar-refractivity contribution in [3.8, 4) is 5.75 Å². The number of aldehydes is 1. The Balaban J connectivity index is 2.92. The highest BCUT2D eigenvalue weighted by Gasteiger charge is 2.16. The molecule has 0 radical (unpaired) electrons. The summed E-state index contributed by atoms with van der Waals surface area (Å²) in [6.07, 6.45) is 0.869. The molecular weight excluding hydrogens is 192 g/mol. The summed E-state index contributed by atoms with van der Waals surface area (Å²) in [5.74, 6) is 0.868. The lowest BCUT2D eigenvalue weighted by Gasteiger charge is -2.19. The van der Waals surface area contributed by atoms with E-state index >= 15 is 0 Å². The maximum atomic E-state index is 10.6. The van der Waals surface area contributed by atoms with Crippen LogP contribution in [0.2, 0.25) is 19.6 Å². The summed E-state index contributed by atoms with van der Waals surface area (Å²) in [4.78, 5) is 10.6. The van der Waals surface area contributed by atoms with Gasteiger partial charge in [0.2, 0.25) is 8.32 Å². The van der Waals surface area contributed by atoms with Crippen molar-refractivity contribution in [2.45, 2.75) is 26.6 Å². The number of hydrogen-bond donors (Lipinski definition) is 0. The molecule has 0 saturated carbocycles. The second-order valence-corrected chi connectivity index (χ2v) is 8.78. The van der Waals surface area contributed by atoms with Crippen LogP contribution in [-0.4, -0.2) is 14.6 Å². The molecule has 1 aromatic carbocycles. The molecule has 0 atom stereocenters. The van der Waals surface area contributed by atoms with Gasteiger partial charge in [-0.05, 0) is 50.3 Å². The molecule has 0 heterocycles. The van der Waals surface area contributed by atoms with E-state index in [1.54, 1.807) is 6.07 Å². The van der Waals surface area contributed by atoms with Crippen LogP contribution in [0.5, 0.6) is 5.75 Å². The number of carbonyl (C=O) groups is 1. The van der Waals surface area contributed by atoms with Gasteiger partial charge in [0.1, 0.15) is 12.0 Å². The van der Waals surface area contributed by atoms with Gasteiger partial charge in [0.25, 0.3) is 0 Å². The molecule has 0 aromatic heterocycles. The first kappa shape index (κ1) is 11.0. The molecule has 0 N–H and O–H groups in total. The Morgan fingerprint density at radius 3 is 2.36 bits per heavy atom. The van der Waals surface area contributed by atoms with E-state index in [-0.39, 0.29) is 0 Å². The summed E-state index contributed by atoms with van der Waals surface area (Å²) in [6.45, 7) is 8.32. The second kappa shape index (κ2) is 3.96. The summed E-state index contributed by atoms with van der Waals surface area (Å²) in [5.41, 5.74) is 1.70. The lowest BCUT2D eigenvalue weighted by Crippen LogP contribution is -2.29. The van der Waals surface area contributed by atoms with Gasteiger partial charge in [0, 0.05) is 5.56 Å². The minimum atomic E-state index is -1.54. The van der Waals surface area contributed by atoms with Crippen LogP contribution in [0, 0.1) is 6.92 Å². The zero-order valence-corrected chi connectivity index (χ0v) is 10.1. The molecule has 76 valence electrons. The van der Waals surface area contributed by atoms with E-state index in [0.717, 1.165) is 23.2 Å². The number of aryl methyl sites for hydroxylation is 1. The molecule has 0 fully saturated rings. The molecule has 0 aliphatic carbocycles. The molecule has 2 nitrogen and oxygen atoms in total. The Morgan fingerprint density at radius 1 is 1.29 bits per heavy atom. The predicted molar refractivity (Wildman–Crippen MR) is 60.5 cm³/mol. The minimum Gasteiger partial charge on any atom is -0.544 e. The molecular formula is C11H16O2Si. The third-order valence-corrected chi connectivity index (χ3v) is 2.64. The molecule has 1 aromatic rings. The van der Waals surface area contributed by atoms with E-state index in [1.165, 1.54) is 0 Å². The van der Waals surface area contributed by atoms with Crippen molar-refractivity contribution >= 4 is 14.6 Å². The Labute approximate surface area is 86.0 Å². The lowest BCUT2D eigenvalue weighted by molar-refractivity contribution is 0.112. The highest BCUT2D eigenvalue weighted by atomic mass is 28.4. The van der Waals surface area contributed by atoms with Gasteiger partial charge in [0.05, 0.1) is 0 Å². The van der Waals surface area contributed by atoms with Crippen LogP contribution in [0.1, 0.15) is 15.9 Å². The van der Waals surface area contributed by atoms with Gasteiger partial charge in [-0.15, -0.1) is 0 Å². The Hall–Kier alpha value is -1.09. The SMILES string of the molecule is Cc1cc(O[Si](C)(C)C)ccc1C=O. The van der Waals surface area contributed by atoms with E-state index in [9.17, 15) is 4.79 Å². The molecule has 0 saturated heterocycles. The molecule has 1 rings (SSSR count). The number of carbonyl (C=O) groups excluding carboxylic acids is 1. The van der Waals surface area contributed by atoms with Crippen molar-refractivity contribution < 1.29 is 9.22 Å². The highest BCUT2D eigenvalue weighted by Crippen LogP contribution is 2.19. The van der Waals surface area contributed by atoms with E-state index in [2.05, 4.69) is 19.6 Å². The standard InChI is InChI=1S/C11H16O2Si/c1-9-7-11(13-14(2,3)4)6-5-10(9)8-12/h5-8H,1-4H3. The zero-order chi connectivity index (χ0) is 10.8. The number of rotatable bonds is 3. The normalized spacial score (nSPS) is 11.1. The molecule has 3 heteroatoms. The topological polar surface area (TPSA) is 26.3 Å². The van der Waals surface area contributed by atoms with Crippen LogP contribution in [-0.2, 0) is 0 Å². The highest BCUT2D eigenvalue weighted by molar-refractivity contribution is 6.70. The third-order valence-electron chi connectivity index (χ3n) is 1.79. The Morgan fingerprint density at radius 2 is 1.93 bits per heavy atom. The monoisotopic (exact) mass is 208 g/mol. The molecule has 0 spiro atoms. The maximum Gasteiger partial charge on any atom is 0.242 e. The quantitative estimate of drug-likeness (QED) is 0.564.